The number of morpholine rings is 1. The van der Waals surface area contributed by atoms with Crippen molar-refractivity contribution in [2.75, 3.05) is 32.9 Å². The standard InChI is InChI=1S/C38H65NO6/c1-10-41-32(34(6,7)43-11-2)24-20-23(3)29-30(44-24)31(40)36(9)26-13-12-25-33(4,5)27(45-28-21-39-18-19-42-28)14-15-37(25)22-38(26,37)17-16-35(29,36)8/h23-32,39-40H,10-22H2,1-9H3/t23-,24-,25+,26?,27+,28+,29+,30+,31+,32+,35-,36-,37?,38+/m1/s1. The number of aliphatic hydroxyl groups is 1. The molecule has 5 aliphatic carbocycles. The molecule has 14 atom stereocenters. The molecule has 7 aliphatic rings. The lowest BCUT2D eigenvalue weighted by molar-refractivity contribution is -0.237. The Balaban J connectivity index is 1.15. The fraction of sp³-hybridized carbons (Fsp3) is 1.00. The van der Waals surface area contributed by atoms with Gasteiger partial charge in [0.25, 0.3) is 0 Å². The molecule has 7 fully saturated rings. The van der Waals surface area contributed by atoms with Crippen molar-refractivity contribution in [3.63, 3.8) is 0 Å². The summed E-state index contributed by atoms with van der Waals surface area (Å²) in [5.41, 5.74) is 0.296. The molecule has 0 amide bonds. The smallest absolute Gasteiger partial charge is 0.170 e. The van der Waals surface area contributed by atoms with Gasteiger partial charge < -0.3 is 34.1 Å². The minimum atomic E-state index is -0.463. The highest BCUT2D eigenvalue weighted by Gasteiger charge is 2.84. The third-order valence-corrected chi connectivity index (χ3v) is 15.9. The van der Waals surface area contributed by atoms with Crippen LogP contribution in [0.2, 0.25) is 0 Å². The molecule has 0 aromatic heterocycles. The first-order valence-corrected chi connectivity index (χ1v) is 18.8. The minimum absolute atomic E-state index is 0.0612. The number of fused-ring (bicyclic) bond motifs is 4. The van der Waals surface area contributed by atoms with Crippen LogP contribution in [0.1, 0.15) is 114 Å². The Morgan fingerprint density at radius 2 is 1.71 bits per heavy atom. The summed E-state index contributed by atoms with van der Waals surface area (Å²) in [5, 5.41) is 16.1. The maximum atomic E-state index is 12.7. The molecule has 0 aromatic rings. The molecule has 5 saturated carbocycles. The van der Waals surface area contributed by atoms with Crippen LogP contribution in [0.15, 0.2) is 0 Å². The number of hydrogen-bond acceptors (Lipinski definition) is 7. The Morgan fingerprint density at radius 3 is 2.40 bits per heavy atom. The highest BCUT2D eigenvalue weighted by Crippen LogP contribution is 2.89. The van der Waals surface area contributed by atoms with Crippen LogP contribution >= 0.6 is 0 Å². The van der Waals surface area contributed by atoms with E-state index in [1.807, 2.05) is 0 Å². The maximum absolute atomic E-state index is 12.7. The van der Waals surface area contributed by atoms with Crippen molar-refractivity contribution in [2.45, 2.75) is 156 Å². The van der Waals surface area contributed by atoms with Crippen molar-refractivity contribution in [2.24, 2.45) is 50.7 Å². The molecule has 0 bridgehead atoms. The quantitative estimate of drug-likeness (QED) is 0.323. The summed E-state index contributed by atoms with van der Waals surface area (Å²) in [4.78, 5) is 0. The highest BCUT2D eigenvalue weighted by molar-refractivity contribution is 5.33. The SMILES string of the molecule is CCO[C@@H]([C@H]1C[C@@H](C)[C@H]2[C@H](O1)[C@H](O)[C@@]1(C)C3CC[C@H]4C(C)(C)[C@@H](O[C@H]5CNCCO5)CCC45C[C@@]35CC[C@]21C)C(C)(C)OCC. The fourth-order valence-electron chi connectivity index (χ4n) is 14.0. The zero-order valence-corrected chi connectivity index (χ0v) is 30.0. The Labute approximate surface area is 273 Å². The van der Waals surface area contributed by atoms with Crippen LogP contribution in [-0.4, -0.2) is 80.4 Å². The second-order valence-corrected chi connectivity index (χ2v) is 18.1. The van der Waals surface area contributed by atoms with Crippen LogP contribution in [0.4, 0.5) is 0 Å². The summed E-state index contributed by atoms with van der Waals surface area (Å²) in [6, 6.07) is 0. The Kier molecular flexibility index (Phi) is 8.21. The first-order valence-electron chi connectivity index (χ1n) is 18.8. The van der Waals surface area contributed by atoms with Crippen LogP contribution < -0.4 is 5.32 Å². The van der Waals surface area contributed by atoms with E-state index in [1.165, 1.54) is 38.5 Å². The van der Waals surface area contributed by atoms with Crippen LogP contribution in [0.3, 0.4) is 0 Å². The monoisotopic (exact) mass is 631 g/mol. The molecule has 2 heterocycles. The van der Waals surface area contributed by atoms with E-state index in [0.29, 0.717) is 47.7 Å². The summed E-state index contributed by atoms with van der Waals surface area (Å²) in [7, 11) is 0. The van der Waals surface area contributed by atoms with Crippen molar-refractivity contribution >= 4 is 0 Å². The molecule has 2 unspecified atom stereocenters. The summed E-state index contributed by atoms with van der Waals surface area (Å²) < 4.78 is 32.5. The topological polar surface area (TPSA) is 78.4 Å². The Hall–Kier alpha value is -0.280. The van der Waals surface area contributed by atoms with E-state index in [1.54, 1.807) is 0 Å². The lowest BCUT2D eigenvalue weighted by atomic mass is 9.41. The predicted molar refractivity (Wildman–Crippen MR) is 175 cm³/mol. The lowest BCUT2D eigenvalue weighted by Gasteiger charge is -2.64. The highest BCUT2D eigenvalue weighted by atomic mass is 16.7. The van der Waals surface area contributed by atoms with Crippen molar-refractivity contribution in [3.8, 4) is 0 Å². The third-order valence-electron chi connectivity index (χ3n) is 15.9. The average molecular weight is 632 g/mol. The molecular weight excluding hydrogens is 566 g/mol. The molecule has 2 spiro atoms. The maximum Gasteiger partial charge on any atom is 0.170 e. The summed E-state index contributed by atoms with van der Waals surface area (Å²) in [6.07, 6.45) is 8.89. The number of aliphatic hydroxyl groups excluding tert-OH is 1. The van der Waals surface area contributed by atoms with Gasteiger partial charge in [0.2, 0.25) is 0 Å². The third kappa shape index (κ3) is 4.45. The zero-order chi connectivity index (χ0) is 32.2. The number of ether oxygens (including phenoxy) is 5. The zero-order valence-electron chi connectivity index (χ0n) is 30.0. The molecular formula is C38H65NO6. The summed E-state index contributed by atoms with van der Waals surface area (Å²) in [5.74, 6) is 2.02. The second kappa shape index (κ2) is 11.1. The first-order chi connectivity index (χ1) is 21.2. The number of hydrogen-bond donors (Lipinski definition) is 2. The van der Waals surface area contributed by atoms with Crippen molar-refractivity contribution in [1.29, 1.82) is 0 Å². The predicted octanol–water partition coefficient (Wildman–Crippen LogP) is 6.35. The van der Waals surface area contributed by atoms with E-state index < -0.39 is 11.7 Å². The second-order valence-electron chi connectivity index (χ2n) is 18.1. The Bertz CT molecular complexity index is 1110. The summed E-state index contributed by atoms with van der Waals surface area (Å²) in [6.45, 7) is 24.6. The van der Waals surface area contributed by atoms with E-state index in [9.17, 15) is 5.11 Å². The van der Waals surface area contributed by atoms with Crippen LogP contribution in [0.25, 0.3) is 0 Å². The first kappa shape index (κ1) is 33.2. The largest absolute Gasteiger partial charge is 0.390 e. The summed E-state index contributed by atoms with van der Waals surface area (Å²) >= 11 is 0. The lowest BCUT2D eigenvalue weighted by Crippen LogP contribution is -2.60. The molecule has 0 radical (unpaired) electrons. The molecule has 7 heteroatoms. The molecule has 45 heavy (non-hydrogen) atoms. The van der Waals surface area contributed by atoms with Crippen LogP contribution in [0.5, 0.6) is 0 Å². The van der Waals surface area contributed by atoms with E-state index in [0.717, 1.165) is 32.5 Å². The molecule has 2 aliphatic heterocycles. The van der Waals surface area contributed by atoms with Gasteiger partial charge in [-0.15, -0.1) is 0 Å². The van der Waals surface area contributed by atoms with Gasteiger partial charge in [0.05, 0.1) is 36.6 Å². The van der Waals surface area contributed by atoms with Gasteiger partial charge in [0, 0.05) is 31.7 Å². The van der Waals surface area contributed by atoms with Crippen LogP contribution in [0, 0.1) is 50.7 Å². The average Bonchev–Trinajstić information content (AvgIpc) is 3.62. The van der Waals surface area contributed by atoms with Gasteiger partial charge >= 0.3 is 0 Å². The van der Waals surface area contributed by atoms with E-state index >= 15 is 0 Å². The van der Waals surface area contributed by atoms with Gasteiger partial charge in [-0.1, -0.05) is 34.6 Å². The van der Waals surface area contributed by atoms with Crippen molar-refractivity contribution in [1.82, 2.24) is 5.32 Å². The minimum Gasteiger partial charge on any atom is -0.390 e. The normalized spacial score (nSPS) is 52.5. The molecule has 2 N–H and O–H groups in total. The van der Waals surface area contributed by atoms with E-state index in [4.69, 9.17) is 23.7 Å². The van der Waals surface area contributed by atoms with Gasteiger partial charge in [-0.3, -0.25) is 0 Å². The van der Waals surface area contributed by atoms with Gasteiger partial charge in [-0.05, 0) is 124 Å². The molecule has 7 nitrogen and oxygen atoms in total. The molecule has 258 valence electrons. The molecule has 2 saturated heterocycles. The van der Waals surface area contributed by atoms with Gasteiger partial charge in [0.15, 0.2) is 6.29 Å². The van der Waals surface area contributed by atoms with Gasteiger partial charge in [-0.2, -0.15) is 0 Å². The Morgan fingerprint density at radius 1 is 0.978 bits per heavy atom. The molecule has 7 rings (SSSR count). The van der Waals surface area contributed by atoms with Gasteiger partial charge in [-0.25, -0.2) is 0 Å². The number of nitrogens with one attached hydrogen (secondary N) is 1. The van der Waals surface area contributed by atoms with Crippen LogP contribution in [-0.2, 0) is 23.7 Å². The van der Waals surface area contributed by atoms with E-state index in [-0.39, 0.29) is 47.0 Å². The van der Waals surface area contributed by atoms with Crippen molar-refractivity contribution in [3.05, 3.63) is 0 Å². The molecule has 0 aromatic carbocycles. The van der Waals surface area contributed by atoms with Crippen molar-refractivity contribution < 1.29 is 28.8 Å². The van der Waals surface area contributed by atoms with E-state index in [2.05, 4.69) is 67.6 Å². The number of rotatable bonds is 8. The fourth-order valence-corrected chi connectivity index (χ4v) is 14.0. The van der Waals surface area contributed by atoms with Gasteiger partial charge in [0.1, 0.15) is 6.10 Å².